The predicted molar refractivity (Wildman–Crippen MR) is 132 cm³/mol. The van der Waals surface area contributed by atoms with Gasteiger partial charge in [-0.2, -0.15) is 9.78 Å². The maximum atomic E-state index is 13.5. The molecule has 2 amide bonds. The number of ether oxygens (including phenoxy) is 3. The first-order chi connectivity index (χ1) is 18.3. The van der Waals surface area contributed by atoms with Crippen molar-refractivity contribution in [3.8, 4) is 11.5 Å². The molecule has 38 heavy (non-hydrogen) atoms. The second-order valence-corrected chi connectivity index (χ2v) is 9.18. The standard InChI is InChI=1S/C26H27FN4O7/c1-30-20-9-18(36-14-23-24(33)21(32)13-38-23)5-6-22(20)37-12-19(25(30)34)29-26(35)31-11-16(10-28-31)7-15-3-2-4-17(27)8-15/h2-6,8-11,19,21,23-24,32-33H,7,12-14H2,1H3,(H,29,35)/t19-,21+,23-,24+/m0/s1. The Kier molecular flexibility index (Phi) is 7.27. The maximum Gasteiger partial charge on any atom is 0.342 e. The first kappa shape index (κ1) is 25.6. The minimum absolute atomic E-state index is 0.0132. The lowest BCUT2D eigenvalue weighted by molar-refractivity contribution is -0.120. The Hall–Kier alpha value is -4.00. The lowest BCUT2D eigenvalue weighted by atomic mass is 10.1. The molecule has 0 bridgehead atoms. The average Bonchev–Trinajstić information content (AvgIpc) is 3.48. The lowest BCUT2D eigenvalue weighted by Crippen LogP contribution is -2.50. The quantitative estimate of drug-likeness (QED) is 0.435. The highest BCUT2D eigenvalue weighted by atomic mass is 19.1. The molecular formula is C26H27FN4O7. The van der Waals surface area contributed by atoms with Crippen LogP contribution in [0.25, 0.3) is 0 Å². The second-order valence-electron chi connectivity index (χ2n) is 9.18. The van der Waals surface area contributed by atoms with Crippen molar-refractivity contribution in [2.24, 2.45) is 0 Å². The molecule has 12 heteroatoms. The fraction of sp³-hybridized carbons (Fsp3) is 0.346. The van der Waals surface area contributed by atoms with Crippen LogP contribution in [0.2, 0.25) is 0 Å². The third-order valence-corrected chi connectivity index (χ3v) is 6.44. The number of aliphatic hydroxyl groups excluding tert-OH is 2. The number of likely N-dealkylation sites (N-methyl/N-ethyl adjacent to an activating group) is 1. The van der Waals surface area contributed by atoms with Crippen molar-refractivity contribution in [1.29, 1.82) is 0 Å². The highest BCUT2D eigenvalue weighted by molar-refractivity contribution is 6.00. The van der Waals surface area contributed by atoms with Crippen molar-refractivity contribution >= 4 is 17.6 Å². The Morgan fingerprint density at radius 1 is 1.21 bits per heavy atom. The Morgan fingerprint density at radius 2 is 2.05 bits per heavy atom. The number of amides is 2. The summed E-state index contributed by atoms with van der Waals surface area (Å²) in [6.07, 6.45) is 0.757. The molecule has 0 spiro atoms. The second kappa shape index (κ2) is 10.8. The van der Waals surface area contributed by atoms with Gasteiger partial charge in [0, 0.05) is 25.7 Å². The third-order valence-electron chi connectivity index (χ3n) is 6.44. The summed E-state index contributed by atoms with van der Waals surface area (Å²) in [5.74, 6) is 0.0897. The number of anilines is 1. The zero-order valence-electron chi connectivity index (χ0n) is 20.5. The number of carbonyl (C=O) groups is 2. The van der Waals surface area contributed by atoms with Gasteiger partial charge < -0.3 is 34.6 Å². The van der Waals surface area contributed by atoms with Crippen LogP contribution < -0.4 is 19.7 Å². The summed E-state index contributed by atoms with van der Waals surface area (Å²) in [6.45, 7) is -0.0523. The Morgan fingerprint density at radius 3 is 2.82 bits per heavy atom. The minimum atomic E-state index is -1.04. The van der Waals surface area contributed by atoms with E-state index in [0.717, 1.165) is 10.2 Å². The van der Waals surface area contributed by atoms with Gasteiger partial charge in [-0.05, 0) is 35.4 Å². The summed E-state index contributed by atoms with van der Waals surface area (Å²) in [4.78, 5) is 27.3. The molecular weight excluding hydrogens is 499 g/mol. The number of nitrogens with zero attached hydrogens (tertiary/aromatic N) is 3. The number of nitrogens with one attached hydrogen (secondary N) is 1. The predicted octanol–water partition coefficient (Wildman–Crippen LogP) is 1.09. The average molecular weight is 527 g/mol. The van der Waals surface area contributed by atoms with E-state index in [1.54, 1.807) is 37.4 Å². The topological polar surface area (TPSA) is 135 Å². The van der Waals surface area contributed by atoms with Gasteiger partial charge in [0.15, 0.2) is 0 Å². The number of carbonyl (C=O) groups excluding carboxylic acids is 2. The summed E-state index contributed by atoms with van der Waals surface area (Å²) in [6, 6.07) is 9.48. The molecule has 1 saturated heterocycles. The Labute approximate surface area is 217 Å². The smallest absolute Gasteiger partial charge is 0.342 e. The number of halogens is 1. The van der Waals surface area contributed by atoms with Crippen LogP contribution in [0, 0.1) is 5.82 Å². The van der Waals surface area contributed by atoms with E-state index in [1.807, 2.05) is 0 Å². The van der Waals surface area contributed by atoms with E-state index in [4.69, 9.17) is 14.2 Å². The Balaban J connectivity index is 1.22. The van der Waals surface area contributed by atoms with E-state index in [9.17, 15) is 24.2 Å². The van der Waals surface area contributed by atoms with E-state index in [1.165, 1.54) is 29.4 Å². The molecule has 3 N–H and O–H groups in total. The van der Waals surface area contributed by atoms with E-state index >= 15 is 0 Å². The molecule has 0 unspecified atom stereocenters. The molecule has 2 aliphatic rings. The number of aromatic nitrogens is 2. The summed E-state index contributed by atoms with van der Waals surface area (Å²) < 4.78 is 31.4. The molecule has 2 aromatic carbocycles. The van der Waals surface area contributed by atoms with E-state index in [0.29, 0.717) is 29.2 Å². The number of fused-ring (bicyclic) bond motifs is 1. The zero-order valence-corrected chi connectivity index (χ0v) is 20.5. The Bertz CT molecular complexity index is 1330. The third kappa shape index (κ3) is 5.47. The number of hydrogen-bond donors (Lipinski definition) is 3. The van der Waals surface area contributed by atoms with Gasteiger partial charge >= 0.3 is 6.03 Å². The molecule has 0 aliphatic carbocycles. The normalized spacial score (nSPS) is 22.9. The first-order valence-corrected chi connectivity index (χ1v) is 12.0. The van der Waals surface area contributed by atoms with Crippen LogP contribution in [0.5, 0.6) is 11.5 Å². The molecule has 11 nitrogen and oxygen atoms in total. The molecule has 1 fully saturated rings. The number of aliphatic hydroxyl groups is 2. The van der Waals surface area contributed by atoms with Gasteiger partial charge in [0.2, 0.25) is 0 Å². The molecule has 0 saturated carbocycles. The molecule has 3 heterocycles. The van der Waals surface area contributed by atoms with Crippen LogP contribution in [0.4, 0.5) is 14.9 Å². The molecule has 5 rings (SSSR count). The van der Waals surface area contributed by atoms with Crippen molar-refractivity contribution < 1.29 is 38.4 Å². The molecule has 0 radical (unpaired) electrons. The summed E-state index contributed by atoms with van der Waals surface area (Å²) in [7, 11) is 1.56. The van der Waals surface area contributed by atoms with Crippen molar-refractivity contribution in [1.82, 2.24) is 15.1 Å². The van der Waals surface area contributed by atoms with Crippen LogP contribution >= 0.6 is 0 Å². The van der Waals surface area contributed by atoms with Gasteiger partial charge in [-0.15, -0.1) is 0 Å². The fourth-order valence-corrected chi connectivity index (χ4v) is 4.32. The first-order valence-electron chi connectivity index (χ1n) is 12.0. The highest BCUT2D eigenvalue weighted by Gasteiger charge is 2.35. The van der Waals surface area contributed by atoms with E-state index in [-0.39, 0.29) is 25.6 Å². The van der Waals surface area contributed by atoms with Gasteiger partial charge in [-0.25, -0.2) is 9.18 Å². The van der Waals surface area contributed by atoms with Crippen LogP contribution in [-0.4, -0.2) is 83.2 Å². The number of benzene rings is 2. The van der Waals surface area contributed by atoms with Crippen molar-refractivity contribution in [2.75, 3.05) is 31.8 Å². The minimum Gasteiger partial charge on any atom is -0.491 e. The summed E-state index contributed by atoms with van der Waals surface area (Å²) in [5, 5.41) is 26.2. The molecule has 200 valence electrons. The van der Waals surface area contributed by atoms with E-state index in [2.05, 4.69) is 10.4 Å². The summed E-state index contributed by atoms with van der Waals surface area (Å²) in [5.41, 5.74) is 1.88. The number of hydrogen-bond acceptors (Lipinski definition) is 8. The molecule has 1 aromatic heterocycles. The van der Waals surface area contributed by atoms with Crippen molar-refractivity contribution in [3.05, 3.63) is 71.8 Å². The number of rotatable bonds is 6. The molecule has 2 aliphatic heterocycles. The van der Waals surface area contributed by atoms with E-state index < -0.39 is 36.3 Å². The van der Waals surface area contributed by atoms with Crippen LogP contribution in [0.3, 0.4) is 0 Å². The van der Waals surface area contributed by atoms with Gasteiger partial charge in [0.05, 0.1) is 18.5 Å². The van der Waals surface area contributed by atoms with Gasteiger partial charge in [-0.3, -0.25) is 4.79 Å². The zero-order chi connectivity index (χ0) is 26.8. The highest BCUT2D eigenvalue weighted by Crippen LogP contribution is 2.34. The molecule has 4 atom stereocenters. The van der Waals surface area contributed by atoms with Crippen LogP contribution in [0.1, 0.15) is 11.1 Å². The SMILES string of the molecule is CN1C(=O)[C@@H](NC(=O)n2cc(Cc3cccc(F)c3)cn2)COc2ccc(OC[C@@H]3OC[C@@H](O)[C@H]3O)cc21. The lowest BCUT2D eigenvalue weighted by Gasteiger charge is -2.21. The molecule has 3 aromatic rings. The van der Waals surface area contributed by atoms with Gasteiger partial charge in [0.25, 0.3) is 5.91 Å². The van der Waals surface area contributed by atoms with Crippen LogP contribution in [0.15, 0.2) is 54.9 Å². The van der Waals surface area contributed by atoms with Crippen molar-refractivity contribution in [2.45, 2.75) is 30.8 Å². The maximum absolute atomic E-state index is 13.5. The fourth-order valence-electron chi connectivity index (χ4n) is 4.32. The monoisotopic (exact) mass is 526 g/mol. The van der Waals surface area contributed by atoms with Crippen molar-refractivity contribution in [3.63, 3.8) is 0 Å². The van der Waals surface area contributed by atoms with Gasteiger partial charge in [0.1, 0.15) is 54.9 Å². The van der Waals surface area contributed by atoms with Gasteiger partial charge in [-0.1, -0.05) is 12.1 Å². The van der Waals surface area contributed by atoms with Crippen LogP contribution in [-0.2, 0) is 16.0 Å². The summed E-state index contributed by atoms with van der Waals surface area (Å²) >= 11 is 0. The largest absolute Gasteiger partial charge is 0.491 e.